The molecule has 1 saturated heterocycles. The second-order valence-corrected chi connectivity index (χ2v) is 7.71. The van der Waals surface area contributed by atoms with Crippen molar-refractivity contribution in [1.29, 1.82) is 0 Å². The van der Waals surface area contributed by atoms with Gasteiger partial charge in [-0.05, 0) is 64.0 Å². The van der Waals surface area contributed by atoms with Crippen LogP contribution in [0.1, 0.15) is 51.4 Å². The van der Waals surface area contributed by atoms with Crippen LogP contribution >= 0.6 is 0 Å². The second kappa shape index (κ2) is 9.36. The Bertz CT molecular complexity index is 329. The van der Waals surface area contributed by atoms with Crippen LogP contribution in [0.15, 0.2) is 0 Å². The summed E-state index contributed by atoms with van der Waals surface area (Å²) in [6, 6.07) is 1.68. The summed E-state index contributed by atoms with van der Waals surface area (Å²) in [5.41, 5.74) is 0. The van der Waals surface area contributed by atoms with Crippen molar-refractivity contribution in [2.24, 2.45) is 5.92 Å². The topological polar surface area (TPSA) is 24.9 Å². The number of ether oxygens (including phenoxy) is 2. The molecule has 1 heterocycles. The molecule has 3 fully saturated rings. The van der Waals surface area contributed by atoms with Gasteiger partial charge < -0.3 is 14.4 Å². The maximum Gasteiger partial charge on any atom is 0.0509 e. The van der Waals surface area contributed by atoms with E-state index >= 15 is 0 Å². The van der Waals surface area contributed by atoms with Crippen LogP contribution in [-0.2, 0) is 9.47 Å². The lowest BCUT2D eigenvalue weighted by atomic mass is 10.1. The van der Waals surface area contributed by atoms with Gasteiger partial charge >= 0.3 is 0 Å². The lowest BCUT2D eigenvalue weighted by Gasteiger charge is -2.26. The summed E-state index contributed by atoms with van der Waals surface area (Å²) in [4.78, 5) is 5.36. The van der Waals surface area contributed by atoms with Gasteiger partial charge in [-0.1, -0.05) is 6.42 Å². The number of hydrogen-bond donors (Lipinski definition) is 0. The van der Waals surface area contributed by atoms with Crippen molar-refractivity contribution in [3.8, 4) is 0 Å². The molecule has 2 saturated carbocycles. The Morgan fingerprint density at radius 2 is 1.87 bits per heavy atom. The Balaban J connectivity index is 1.22. The van der Waals surface area contributed by atoms with Crippen molar-refractivity contribution < 1.29 is 9.47 Å². The van der Waals surface area contributed by atoms with Crippen molar-refractivity contribution in [2.45, 2.75) is 63.5 Å². The summed E-state index contributed by atoms with van der Waals surface area (Å²) in [5.74, 6) is 0.799. The summed E-state index contributed by atoms with van der Waals surface area (Å²) < 4.78 is 11.2. The molecule has 0 spiro atoms. The molecule has 2 aliphatic carbocycles. The largest absolute Gasteiger partial charge is 0.385 e. The zero-order chi connectivity index (χ0) is 15.9. The lowest BCUT2D eigenvalue weighted by Crippen LogP contribution is -2.32. The summed E-state index contributed by atoms with van der Waals surface area (Å²) >= 11 is 0. The van der Waals surface area contributed by atoms with E-state index in [2.05, 4.69) is 9.80 Å². The third-order valence-corrected chi connectivity index (χ3v) is 5.64. The van der Waals surface area contributed by atoms with Crippen LogP contribution in [0, 0.1) is 5.92 Å². The van der Waals surface area contributed by atoms with Gasteiger partial charge in [0.15, 0.2) is 0 Å². The Morgan fingerprint density at radius 3 is 2.61 bits per heavy atom. The number of piperidine rings is 1. The predicted octanol–water partition coefficient (Wildman–Crippen LogP) is 2.77. The maximum absolute atomic E-state index is 5.98. The van der Waals surface area contributed by atoms with E-state index in [0.717, 1.165) is 37.8 Å². The number of nitrogens with zero attached hydrogens (tertiary/aromatic N) is 2. The smallest absolute Gasteiger partial charge is 0.0509 e. The van der Waals surface area contributed by atoms with E-state index in [9.17, 15) is 0 Å². The van der Waals surface area contributed by atoms with Crippen LogP contribution in [0.3, 0.4) is 0 Å². The van der Waals surface area contributed by atoms with Gasteiger partial charge in [-0.2, -0.15) is 0 Å². The summed E-state index contributed by atoms with van der Waals surface area (Å²) in [6.07, 6.45) is 10.8. The molecule has 4 heteroatoms. The standard InChI is InChI=1S/C19H36N2O2/c1-22-13-6-12-21(18-7-8-18)19-15-17(19)16-23-14-5-11-20-9-3-2-4-10-20/h17-19H,2-16H2,1H3. The molecule has 134 valence electrons. The Morgan fingerprint density at radius 1 is 1.04 bits per heavy atom. The Hall–Kier alpha value is -0.160. The van der Waals surface area contributed by atoms with Crippen LogP contribution in [0.4, 0.5) is 0 Å². The van der Waals surface area contributed by atoms with E-state index in [1.54, 1.807) is 7.11 Å². The number of methoxy groups -OCH3 is 1. The summed E-state index contributed by atoms with van der Waals surface area (Å²) in [7, 11) is 1.80. The van der Waals surface area contributed by atoms with Crippen LogP contribution in [0.5, 0.6) is 0 Å². The fourth-order valence-electron chi connectivity index (χ4n) is 4.04. The minimum absolute atomic E-state index is 0.799. The molecule has 4 nitrogen and oxygen atoms in total. The van der Waals surface area contributed by atoms with Crippen LogP contribution < -0.4 is 0 Å². The second-order valence-electron chi connectivity index (χ2n) is 7.71. The van der Waals surface area contributed by atoms with E-state index in [1.807, 2.05) is 0 Å². The quantitative estimate of drug-likeness (QED) is 0.515. The first-order chi connectivity index (χ1) is 11.4. The summed E-state index contributed by atoms with van der Waals surface area (Å²) in [5, 5.41) is 0. The SMILES string of the molecule is COCCCN(C1CC1)C1CC1COCCCN1CCCCC1. The molecule has 2 atom stereocenters. The van der Waals surface area contributed by atoms with Crippen LogP contribution in [0.25, 0.3) is 0 Å². The predicted molar refractivity (Wildman–Crippen MR) is 93.8 cm³/mol. The van der Waals surface area contributed by atoms with Gasteiger partial charge in [0.25, 0.3) is 0 Å². The first-order valence-corrected chi connectivity index (χ1v) is 9.93. The zero-order valence-electron chi connectivity index (χ0n) is 15.0. The van der Waals surface area contributed by atoms with Crippen molar-refractivity contribution in [3.63, 3.8) is 0 Å². The van der Waals surface area contributed by atoms with Gasteiger partial charge in [-0.15, -0.1) is 0 Å². The highest BCUT2D eigenvalue weighted by atomic mass is 16.5. The minimum Gasteiger partial charge on any atom is -0.385 e. The van der Waals surface area contributed by atoms with E-state index < -0.39 is 0 Å². The fraction of sp³-hybridized carbons (Fsp3) is 1.00. The molecule has 1 aliphatic heterocycles. The van der Waals surface area contributed by atoms with Crippen LogP contribution in [-0.4, -0.2) is 75.0 Å². The minimum atomic E-state index is 0.799. The van der Waals surface area contributed by atoms with Gasteiger partial charge in [0, 0.05) is 45.5 Å². The van der Waals surface area contributed by atoms with Gasteiger partial charge in [-0.3, -0.25) is 4.90 Å². The lowest BCUT2D eigenvalue weighted by molar-refractivity contribution is 0.0982. The molecular formula is C19H36N2O2. The highest BCUT2D eigenvalue weighted by molar-refractivity contribution is 5.00. The number of hydrogen-bond acceptors (Lipinski definition) is 4. The van der Waals surface area contributed by atoms with Gasteiger partial charge in [0.05, 0.1) is 6.61 Å². The van der Waals surface area contributed by atoms with Gasteiger partial charge in [0.2, 0.25) is 0 Å². The first kappa shape index (κ1) is 17.7. The average molecular weight is 325 g/mol. The van der Waals surface area contributed by atoms with E-state index in [4.69, 9.17) is 9.47 Å². The molecule has 0 amide bonds. The molecule has 0 aromatic carbocycles. The third kappa shape index (κ3) is 6.00. The van der Waals surface area contributed by atoms with E-state index in [1.165, 1.54) is 77.5 Å². The normalized spacial score (nSPS) is 28.4. The molecule has 23 heavy (non-hydrogen) atoms. The van der Waals surface area contributed by atoms with E-state index in [0.29, 0.717) is 0 Å². The molecule has 0 bridgehead atoms. The van der Waals surface area contributed by atoms with Crippen LogP contribution in [0.2, 0.25) is 0 Å². The highest BCUT2D eigenvalue weighted by Crippen LogP contribution is 2.42. The maximum atomic E-state index is 5.98. The average Bonchev–Trinajstić information content (AvgIpc) is 3.48. The van der Waals surface area contributed by atoms with E-state index in [-0.39, 0.29) is 0 Å². The van der Waals surface area contributed by atoms with Crippen molar-refractivity contribution in [2.75, 3.05) is 53.1 Å². The van der Waals surface area contributed by atoms with Gasteiger partial charge in [-0.25, -0.2) is 0 Å². The molecular weight excluding hydrogens is 288 g/mol. The number of likely N-dealkylation sites (tertiary alicyclic amines) is 1. The molecule has 0 N–H and O–H groups in total. The van der Waals surface area contributed by atoms with Crippen molar-refractivity contribution in [1.82, 2.24) is 9.80 Å². The monoisotopic (exact) mass is 324 g/mol. The Kier molecular flexibility index (Phi) is 7.18. The highest BCUT2D eigenvalue weighted by Gasteiger charge is 2.46. The molecule has 0 radical (unpaired) electrons. The first-order valence-electron chi connectivity index (χ1n) is 9.93. The molecule has 2 unspecified atom stereocenters. The molecule has 3 rings (SSSR count). The summed E-state index contributed by atoms with van der Waals surface area (Å²) in [6.45, 7) is 7.90. The van der Waals surface area contributed by atoms with Crippen molar-refractivity contribution >= 4 is 0 Å². The third-order valence-electron chi connectivity index (χ3n) is 5.64. The van der Waals surface area contributed by atoms with Crippen molar-refractivity contribution in [3.05, 3.63) is 0 Å². The zero-order valence-corrected chi connectivity index (χ0v) is 15.0. The molecule has 3 aliphatic rings. The molecule has 0 aromatic rings. The number of rotatable bonds is 12. The molecule has 0 aromatic heterocycles. The Labute approximate surface area is 142 Å². The fourth-order valence-corrected chi connectivity index (χ4v) is 4.04. The van der Waals surface area contributed by atoms with Gasteiger partial charge in [0.1, 0.15) is 0 Å².